The van der Waals surface area contributed by atoms with Crippen LogP contribution in [0.15, 0.2) is 16.8 Å². The minimum Gasteiger partial charge on any atom is -0.315 e. The molecular formula is C15H26N2S. The molecule has 0 bridgehead atoms. The monoisotopic (exact) mass is 266 g/mol. The Labute approximate surface area is 115 Å². The van der Waals surface area contributed by atoms with Crippen molar-refractivity contribution in [1.29, 1.82) is 0 Å². The molecule has 1 aliphatic rings. The average Bonchev–Trinajstić information content (AvgIpc) is 2.79. The predicted molar refractivity (Wildman–Crippen MR) is 80.3 cm³/mol. The van der Waals surface area contributed by atoms with Gasteiger partial charge in [-0.15, -0.1) is 0 Å². The molecule has 1 aromatic heterocycles. The van der Waals surface area contributed by atoms with Crippen molar-refractivity contribution in [2.45, 2.75) is 32.6 Å². The topological polar surface area (TPSA) is 15.3 Å². The second kappa shape index (κ2) is 7.93. The Kier molecular flexibility index (Phi) is 6.18. The first-order valence-electron chi connectivity index (χ1n) is 7.29. The molecule has 1 unspecified atom stereocenters. The lowest BCUT2D eigenvalue weighted by atomic mass is 10.0. The van der Waals surface area contributed by atoms with E-state index in [-0.39, 0.29) is 0 Å². The van der Waals surface area contributed by atoms with Gasteiger partial charge in [0.05, 0.1) is 0 Å². The lowest BCUT2D eigenvalue weighted by molar-refractivity contribution is 0.281. The predicted octanol–water partition coefficient (Wildman–Crippen LogP) is 3.00. The van der Waals surface area contributed by atoms with Crippen LogP contribution in [0, 0.1) is 5.92 Å². The summed E-state index contributed by atoms with van der Waals surface area (Å²) in [6, 6.07) is 2.22. The molecule has 18 heavy (non-hydrogen) atoms. The maximum Gasteiger partial charge on any atom is 0.0107 e. The van der Waals surface area contributed by atoms with Crippen molar-refractivity contribution >= 4 is 11.3 Å². The van der Waals surface area contributed by atoms with E-state index in [1.807, 2.05) is 0 Å². The van der Waals surface area contributed by atoms with Crippen LogP contribution in [0.2, 0.25) is 0 Å². The van der Waals surface area contributed by atoms with Gasteiger partial charge in [-0.05, 0) is 73.6 Å². The zero-order chi connectivity index (χ0) is 12.6. The second-order valence-corrected chi connectivity index (χ2v) is 6.29. The molecule has 1 aliphatic heterocycles. The van der Waals surface area contributed by atoms with Gasteiger partial charge in [0.15, 0.2) is 0 Å². The van der Waals surface area contributed by atoms with Crippen molar-refractivity contribution in [3.63, 3.8) is 0 Å². The highest BCUT2D eigenvalue weighted by atomic mass is 32.1. The maximum absolute atomic E-state index is 3.57. The number of hydrogen-bond donors (Lipinski definition) is 1. The van der Waals surface area contributed by atoms with E-state index in [2.05, 4.69) is 34.0 Å². The Balaban J connectivity index is 1.52. The summed E-state index contributed by atoms with van der Waals surface area (Å²) in [5.41, 5.74) is 1.47. The van der Waals surface area contributed by atoms with E-state index in [0.29, 0.717) is 0 Å². The Hall–Kier alpha value is -0.380. The van der Waals surface area contributed by atoms with Crippen molar-refractivity contribution < 1.29 is 0 Å². The van der Waals surface area contributed by atoms with Crippen LogP contribution in [0.3, 0.4) is 0 Å². The third kappa shape index (κ3) is 5.09. The first-order chi connectivity index (χ1) is 8.84. The third-order valence-electron chi connectivity index (χ3n) is 3.88. The summed E-state index contributed by atoms with van der Waals surface area (Å²) in [4.78, 5) is 2.63. The summed E-state index contributed by atoms with van der Waals surface area (Å²) in [6.07, 6.45) is 5.35. The van der Waals surface area contributed by atoms with E-state index in [0.717, 1.165) is 19.0 Å². The van der Waals surface area contributed by atoms with E-state index in [4.69, 9.17) is 0 Å². The van der Waals surface area contributed by atoms with E-state index in [1.54, 1.807) is 11.3 Å². The second-order valence-electron chi connectivity index (χ2n) is 5.51. The summed E-state index contributed by atoms with van der Waals surface area (Å²) < 4.78 is 0. The molecule has 1 atom stereocenters. The molecule has 3 heteroatoms. The molecule has 0 aliphatic carbocycles. The first kappa shape index (κ1) is 14.0. The van der Waals surface area contributed by atoms with Gasteiger partial charge < -0.3 is 10.2 Å². The van der Waals surface area contributed by atoms with Gasteiger partial charge in [-0.1, -0.05) is 6.92 Å². The maximum atomic E-state index is 3.57. The zero-order valence-electron chi connectivity index (χ0n) is 11.5. The van der Waals surface area contributed by atoms with Crippen molar-refractivity contribution in [1.82, 2.24) is 10.2 Å². The van der Waals surface area contributed by atoms with Crippen LogP contribution in [-0.2, 0) is 6.42 Å². The molecule has 1 saturated heterocycles. The third-order valence-corrected chi connectivity index (χ3v) is 4.62. The molecule has 2 heterocycles. The van der Waals surface area contributed by atoms with E-state index < -0.39 is 0 Å². The van der Waals surface area contributed by atoms with Gasteiger partial charge in [0.2, 0.25) is 0 Å². The summed E-state index contributed by atoms with van der Waals surface area (Å²) in [6.45, 7) is 8.46. The van der Waals surface area contributed by atoms with Gasteiger partial charge >= 0.3 is 0 Å². The molecule has 2 nitrogen and oxygen atoms in total. The first-order valence-corrected chi connectivity index (χ1v) is 8.23. The minimum atomic E-state index is 0.932. The van der Waals surface area contributed by atoms with Crippen LogP contribution in [0.5, 0.6) is 0 Å². The molecule has 0 amide bonds. The molecule has 0 radical (unpaired) electrons. The average molecular weight is 266 g/mol. The van der Waals surface area contributed by atoms with Gasteiger partial charge in [-0.25, -0.2) is 0 Å². The Morgan fingerprint density at radius 1 is 1.33 bits per heavy atom. The number of rotatable bonds is 6. The highest BCUT2D eigenvalue weighted by Gasteiger charge is 2.12. The van der Waals surface area contributed by atoms with Gasteiger partial charge in [-0.2, -0.15) is 11.3 Å². The van der Waals surface area contributed by atoms with Crippen LogP contribution in [0.25, 0.3) is 0 Å². The van der Waals surface area contributed by atoms with Gasteiger partial charge in [0.25, 0.3) is 0 Å². The Bertz CT molecular complexity index is 310. The fourth-order valence-electron chi connectivity index (χ4n) is 2.58. The van der Waals surface area contributed by atoms with Crippen molar-refractivity contribution in [3.8, 4) is 0 Å². The molecule has 0 aromatic carbocycles. The SMILES string of the molecule is CC1CCCN(CCNCCc2ccsc2)CC1. The van der Waals surface area contributed by atoms with E-state index in [9.17, 15) is 0 Å². The highest BCUT2D eigenvalue weighted by molar-refractivity contribution is 7.07. The van der Waals surface area contributed by atoms with Crippen LogP contribution < -0.4 is 5.32 Å². The van der Waals surface area contributed by atoms with E-state index >= 15 is 0 Å². The smallest absolute Gasteiger partial charge is 0.0107 e. The number of nitrogens with one attached hydrogen (secondary N) is 1. The van der Waals surface area contributed by atoms with E-state index in [1.165, 1.54) is 50.9 Å². The van der Waals surface area contributed by atoms with Crippen LogP contribution in [0.4, 0.5) is 0 Å². The highest BCUT2D eigenvalue weighted by Crippen LogP contribution is 2.15. The fraction of sp³-hybridized carbons (Fsp3) is 0.733. The molecule has 102 valence electrons. The number of likely N-dealkylation sites (tertiary alicyclic amines) is 1. The largest absolute Gasteiger partial charge is 0.315 e. The summed E-state index contributed by atoms with van der Waals surface area (Å²) >= 11 is 1.79. The normalized spacial score (nSPS) is 21.9. The molecule has 1 aromatic rings. The Morgan fingerprint density at radius 3 is 3.11 bits per heavy atom. The lowest BCUT2D eigenvalue weighted by Gasteiger charge is -2.20. The molecule has 1 fully saturated rings. The quantitative estimate of drug-likeness (QED) is 0.796. The van der Waals surface area contributed by atoms with Crippen LogP contribution >= 0.6 is 11.3 Å². The number of thiophene rings is 1. The van der Waals surface area contributed by atoms with Crippen molar-refractivity contribution in [2.24, 2.45) is 5.92 Å². The lowest BCUT2D eigenvalue weighted by Crippen LogP contribution is -2.33. The number of hydrogen-bond acceptors (Lipinski definition) is 3. The van der Waals surface area contributed by atoms with Gasteiger partial charge in [0.1, 0.15) is 0 Å². The van der Waals surface area contributed by atoms with Crippen LogP contribution in [-0.4, -0.2) is 37.6 Å². The zero-order valence-corrected chi connectivity index (χ0v) is 12.3. The molecular weight excluding hydrogens is 240 g/mol. The van der Waals surface area contributed by atoms with Crippen LogP contribution in [0.1, 0.15) is 31.7 Å². The standard InChI is InChI=1S/C15H26N2S/c1-14-3-2-9-17(10-5-14)11-8-16-7-4-15-6-12-18-13-15/h6,12-14,16H,2-5,7-11H2,1H3. The molecule has 1 N–H and O–H groups in total. The van der Waals surface area contributed by atoms with Gasteiger partial charge in [-0.3, -0.25) is 0 Å². The van der Waals surface area contributed by atoms with Crippen molar-refractivity contribution in [2.75, 3.05) is 32.7 Å². The Morgan fingerprint density at radius 2 is 2.28 bits per heavy atom. The van der Waals surface area contributed by atoms with Crippen molar-refractivity contribution in [3.05, 3.63) is 22.4 Å². The summed E-state index contributed by atoms with van der Waals surface area (Å²) in [5.74, 6) is 0.932. The fourth-order valence-corrected chi connectivity index (χ4v) is 3.28. The minimum absolute atomic E-state index is 0.932. The number of nitrogens with zero attached hydrogens (tertiary/aromatic N) is 1. The molecule has 0 saturated carbocycles. The van der Waals surface area contributed by atoms with Gasteiger partial charge in [0, 0.05) is 13.1 Å². The summed E-state index contributed by atoms with van der Waals surface area (Å²) in [7, 11) is 0. The summed E-state index contributed by atoms with van der Waals surface area (Å²) in [5, 5.41) is 7.97. The molecule has 2 rings (SSSR count). The molecule has 0 spiro atoms.